The van der Waals surface area contributed by atoms with E-state index < -0.39 is 0 Å². The van der Waals surface area contributed by atoms with E-state index >= 15 is 0 Å². The molecule has 1 heterocycles. The lowest BCUT2D eigenvalue weighted by Crippen LogP contribution is -1.89. The summed E-state index contributed by atoms with van der Waals surface area (Å²) in [5.74, 6) is 0.556. The molecule has 2 aromatic rings. The first-order valence-corrected chi connectivity index (χ1v) is 6.02. The first-order chi connectivity index (χ1) is 6.77. The van der Waals surface area contributed by atoms with Crippen LogP contribution in [0.1, 0.15) is 18.1 Å². The molecule has 0 aliphatic rings. The molecule has 1 nitrogen and oxygen atoms in total. The van der Waals surface area contributed by atoms with E-state index in [1.807, 2.05) is 12.1 Å². The fourth-order valence-corrected chi connectivity index (χ4v) is 3.03. The van der Waals surface area contributed by atoms with Gasteiger partial charge in [-0.25, -0.2) is 0 Å². The number of nitrogen functional groups attached to an aromatic ring is 1. The van der Waals surface area contributed by atoms with Gasteiger partial charge in [0.2, 0.25) is 0 Å². The highest BCUT2D eigenvalue weighted by Crippen LogP contribution is 2.34. The second kappa shape index (κ2) is 3.79. The van der Waals surface area contributed by atoms with Crippen LogP contribution in [-0.2, 0) is 12.3 Å². The molecule has 0 amide bonds. The van der Waals surface area contributed by atoms with Crippen molar-refractivity contribution in [1.29, 1.82) is 0 Å². The Morgan fingerprint density at radius 3 is 2.79 bits per heavy atom. The van der Waals surface area contributed by atoms with Crippen LogP contribution >= 0.6 is 22.9 Å². The third-order valence-corrected chi connectivity index (χ3v) is 3.81. The fraction of sp³-hybridized carbons (Fsp3) is 0.273. The topological polar surface area (TPSA) is 26.0 Å². The van der Waals surface area contributed by atoms with E-state index in [0.29, 0.717) is 5.88 Å². The summed E-state index contributed by atoms with van der Waals surface area (Å²) < 4.78 is 1.18. The molecule has 0 aliphatic carbocycles. The lowest BCUT2D eigenvalue weighted by molar-refractivity contribution is 1.17. The Hall–Kier alpha value is -0.730. The van der Waals surface area contributed by atoms with Crippen molar-refractivity contribution in [3.05, 3.63) is 28.6 Å². The first-order valence-electron chi connectivity index (χ1n) is 4.61. The lowest BCUT2D eigenvalue weighted by Gasteiger charge is -2.03. The Balaban J connectivity index is 2.82. The molecule has 0 fully saturated rings. The number of alkyl halides is 1. The van der Waals surface area contributed by atoms with E-state index in [0.717, 1.165) is 12.1 Å². The predicted octanol–water partition coefficient (Wildman–Crippen LogP) is 3.78. The summed E-state index contributed by atoms with van der Waals surface area (Å²) in [6, 6.07) is 3.96. The van der Waals surface area contributed by atoms with Crippen LogP contribution in [0, 0.1) is 0 Å². The number of nitrogens with two attached hydrogens (primary N) is 1. The van der Waals surface area contributed by atoms with E-state index in [1.54, 1.807) is 11.3 Å². The van der Waals surface area contributed by atoms with E-state index in [2.05, 4.69) is 12.3 Å². The first kappa shape index (κ1) is 9.81. The number of rotatable bonds is 2. The standard InChI is InChI=1S/C11H12ClNS/c1-2-7-6-14-11-9(13)4-3-8(5-12)10(7)11/h3-4,6H,2,5,13H2,1H3. The molecule has 1 aromatic heterocycles. The van der Waals surface area contributed by atoms with Gasteiger partial charge in [-0.1, -0.05) is 13.0 Å². The average Bonchev–Trinajstić information content (AvgIpc) is 2.63. The third kappa shape index (κ3) is 1.39. The van der Waals surface area contributed by atoms with Gasteiger partial charge in [-0.15, -0.1) is 22.9 Å². The van der Waals surface area contributed by atoms with Crippen molar-refractivity contribution in [2.45, 2.75) is 19.2 Å². The molecular formula is C11H12ClNS. The van der Waals surface area contributed by atoms with Gasteiger partial charge < -0.3 is 5.73 Å². The second-order valence-corrected chi connectivity index (χ2v) is 4.41. The van der Waals surface area contributed by atoms with Crippen LogP contribution in [0.4, 0.5) is 5.69 Å². The second-order valence-electron chi connectivity index (χ2n) is 3.27. The van der Waals surface area contributed by atoms with Gasteiger partial charge in [-0.05, 0) is 29.0 Å². The highest BCUT2D eigenvalue weighted by atomic mass is 35.5. The lowest BCUT2D eigenvalue weighted by atomic mass is 10.1. The molecule has 1 aromatic carbocycles. The SMILES string of the molecule is CCc1csc2c(N)ccc(CCl)c12. The van der Waals surface area contributed by atoms with Gasteiger partial charge in [-0.2, -0.15) is 0 Å². The summed E-state index contributed by atoms with van der Waals surface area (Å²) in [4.78, 5) is 0. The van der Waals surface area contributed by atoms with E-state index in [9.17, 15) is 0 Å². The Morgan fingerprint density at radius 1 is 1.36 bits per heavy atom. The molecule has 0 bridgehead atoms. The van der Waals surface area contributed by atoms with Crippen LogP contribution in [0.15, 0.2) is 17.5 Å². The minimum absolute atomic E-state index is 0.556. The molecule has 0 spiro atoms. The molecule has 0 radical (unpaired) electrons. The van der Waals surface area contributed by atoms with Gasteiger partial charge in [0, 0.05) is 17.0 Å². The minimum atomic E-state index is 0.556. The summed E-state index contributed by atoms with van der Waals surface area (Å²) >= 11 is 7.62. The molecule has 14 heavy (non-hydrogen) atoms. The van der Waals surface area contributed by atoms with Crippen LogP contribution in [0.3, 0.4) is 0 Å². The number of aryl methyl sites for hydroxylation is 1. The highest BCUT2D eigenvalue weighted by Gasteiger charge is 2.09. The van der Waals surface area contributed by atoms with Gasteiger partial charge in [0.15, 0.2) is 0 Å². The largest absolute Gasteiger partial charge is 0.398 e. The van der Waals surface area contributed by atoms with Crippen molar-refractivity contribution in [2.24, 2.45) is 0 Å². The normalized spacial score (nSPS) is 11.0. The maximum Gasteiger partial charge on any atom is 0.0578 e. The molecule has 74 valence electrons. The van der Waals surface area contributed by atoms with Gasteiger partial charge in [0.1, 0.15) is 0 Å². The maximum atomic E-state index is 5.92. The Kier molecular flexibility index (Phi) is 2.66. The number of anilines is 1. The smallest absolute Gasteiger partial charge is 0.0578 e. The monoisotopic (exact) mass is 225 g/mol. The van der Waals surface area contributed by atoms with Crippen LogP contribution in [0.2, 0.25) is 0 Å². The Labute approximate surface area is 92.5 Å². The maximum absolute atomic E-state index is 5.92. The quantitative estimate of drug-likeness (QED) is 0.611. The highest BCUT2D eigenvalue weighted by molar-refractivity contribution is 7.18. The van der Waals surface area contributed by atoms with Crippen LogP contribution < -0.4 is 5.73 Å². The summed E-state index contributed by atoms with van der Waals surface area (Å²) in [5, 5.41) is 3.45. The average molecular weight is 226 g/mol. The van der Waals surface area contributed by atoms with Crippen molar-refractivity contribution >= 4 is 38.7 Å². The van der Waals surface area contributed by atoms with Crippen molar-refractivity contribution < 1.29 is 0 Å². The molecule has 0 aliphatic heterocycles. The zero-order valence-electron chi connectivity index (χ0n) is 8.01. The van der Waals surface area contributed by atoms with Crippen molar-refractivity contribution in [1.82, 2.24) is 0 Å². The molecule has 2 N–H and O–H groups in total. The predicted molar refractivity (Wildman–Crippen MR) is 65.2 cm³/mol. The van der Waals surface area contributed by atoms with Crippen molar-refractivity contribution in [2.75, 3.05) is 5.73 Å². The van der Waals surface area contributed by atoms with E-state index in [-0.39, 0.29) is 0 Å². The van der Waals surface area contributed by atoms with Crippen molar-refractivity contribution in [3.63, 3.8) is 0 Å². The number of thiophene rings is 1. The number of hydrogen-bond donors (Lipinski definition) is 1. The van der Waals surface area contributed by atoms with Crippen molar-refractivity contribution in [3.8, 4) is 0 Å². The molecule has 0 saturated carbocycles. The summed E-state index contributed by atoms with van der Waals surface area (Å²) in [6.45, 7) is 2.16. The number of halogens is 1. The van der Waals surface area contributed by atoms with E-state index in [1.165, 1.54) is 21.2 Å². The summed E-state index contributed by atoms with van der Waals surface area (Å²) in [6.07, 6.45) is 1.04. The number of fused-ring (bicyclic) bond motifs is 1. The minimum Gasteiger partial charge on any atom is -0.398 e. The number of hydrogen-bond acceptors (Lipinski definition) is 2. The van der Waals surface area contributed by atoms with E-state index in [4.69, 9.17) is 17.3 Å². The van der Waals surface area contributed by atoms with Gasteiger partial charge >= 0.3 is 0 Å². The zero-order valence-corrected chi connectivity index (χ0v) is 9.58. The number of benzene rings is 1. The molecule has 0 unspecified atom stereocenters. The molecular weight excluding hydrogens is 214 g/mol. The van der Waals surface area contributed by atoms with Crippen LogP contribution in [-0.4, -0.2) is 0 Å². The van der Waals surface area contributed by atoms with Gasteiger partial charge in [-0.3, -0.25) is 0 Å². The molecule has 0 atom stereocenters. The molecule has 3 heteroatoms. The third-order valence-electron chi connectivity index (χ3n) is 2.44. The Morgan fingerprint density at radius 2 is 2.14 bits per heavy atom. The molecule has 0 saturated heterocycles. The van der Waals surface area contributed by atoms with Gasteiger partial charge in [0.25, 0.3) is 0 Å². The van der Waals surface area contributed by atoms with Gasteiger partial charge in [0.05, 0.1) is 4.70 Å². The summed E-state index contributed by atoms with van der Waals surface area (Å²) in [7, 11) is 0. The fourth-order valence-electron chi connectivity index (χ4n) is 1.68. The summed E-state index contributed by atoms with van der Waals surface area (Å²) in [5.41, 5.74) is 9.32. The molecule has 2 rings (SSSR count). The Bertz CT molecular complexity index is 462. The zero-order chi connectivity index (χ0) is 10.1. The van der Waals surface area contributed by atoms with Crippen LogP contribution in [0.5, 0.6) is 0 Å². The van der Waals surface area contributed by atoms with Crippen LogP contribution in [0.25, 0.3) is 10.1 Å².